The minimum Gasteiger partial charge on any atom is -0.482 e. The maximum atomic E-state index is 12.7. The number of amides is 1. The zero-order valence-electron chi connectivity index (χ0n) is 14.2. The van der Waals surface area contributed by atoms with Gasteiger partial charge in [-0.05, 0) is 30.2 Å². The molecule has 7 heteroatoms. The molecule has 1 amide bonds. The summed E-state index contributed by atoms with van der Waals surface area (Å²) in [4.78, 5) is 24.8. The molecule has 0 radical (unpaired) electrons. The molecule has 0 aliphatic heterocycles. The molecule has 128 valence electrons. The number of carboxylic acid groups (broad SMARTS) is 1. The molecule has 24 heavy (non-hydrogen) atoms. The van der Waals surface area contributed by atoms with Crippen molar-refractivity contribution in [2.75, 3.05) is 18.6 Å². The molecule has 0 aliphatic carbocycles. The van der Waals surface area contributed by atoms with Crippen LogP contribution in [0.25, 0.3) is 0 Å². The summed E-state index contributed by atoms with van der Waals surface area (Å²) in [7, 11) is 3.48. The molecule has 1 aromatic carbocycles. The zero-order chi connectivity index (χ0) is 17.9. The van der Waals surface area contributed by atoms with Gasteiger partial charge in [-0.2, -0.15) is 5.10 Å². The van der Waals surface area contributed by atoms with E-state index in [4.69, 9.17) is 9.84 Å². The fourth-order valence-electron chi connectivity index (χ4n) is 2.31. The lowest BCUT2D eigenvalue weighted by molar-refractivity contribution is -0.139. The van der Waals surface area contributed by atoms with Crippen molar-refractivity contribution in [3.8, 4) is 5.75 Å². The molecule has 0 saturated carbocycles. The number of anilines is 1. The van der Waals surface area contributed by atoms with Crippen molar-refractivity contribution < 1.29 is 19.4 Å². The molecule has 0 atom stereocenters. The SMILES string of the molecule is CC(C)c1nn(C)cc1C(=O)N(C)c1ccc(OCC(=O)O)cc1. The lowest BCUT2D eigenvalue weighted by Gasteiger charge is -2.18. The van der Waals surface area contributed by atoms with Gasteiger partial charge in [-0.3, -0.25) is 9.48 Å². The third-order valence-electron chi connectivity index (χ3n) is 3.53. The summed E-state index contributed by atoms with van der Waals surface area (Å²) in [6.07, 6.45) is 1.72. The summed E-state index contributed by atoms with van der Waals surface area (Å²) in [6, 6.07) is 6.68. The van der Waals surface area contributed by atoms with Gasteiger partial charge in [-0.1, -0.05) is 13.8 Å². The molecule has 1 aromatic heterocycles. The fraction of sp³-hybridized carbons (Fsp3) is 0.353. The van der Waals surface area contributed by atoms with Gasteiger partial charge in [-0.25, -0.2) is 4.79 Å². The van der Waals surface area contributed by atoms with E-state index in [1.807, 2.05) is 13.8 Å². The lowest BCUT2D eigenvalue weighted by atomic mass is 10.1. The van der Waals surface area contributed by atoms with E-state index in [1.54, 1.807) is 49.2 Å². The number of ether oxygens (including phenoxy) is 1. The van der Waals surface area contributed by atoms with Gasteiger partial charge < -0.3 is 14.7 Å². The second kappa shape index (κ2) is 7.16. The van der Waals surface area contributed by atoms with Crippen molar-refractivity contribution in [2.24, 2.45) is 7.05 Å². The molecular formula is C17H21N3O4. The van der Waals surface area contributed by atoms with E-state index < -0.39 is 12.6 Å². The van der Waals surface area contributed by atoms with Crippen LogP contribution in [0, 0.1) is 0 Å². The molecule has 2 aromatic rings. The Morgan fingerprint density at radius 1 is 1.29 bits per heavy atom. The topological polar surface area (TPSA) is 84.7 Å². The van der Waals surface area contributed by atoms with Gasteiger partial charge in [0.2, 0.25) is 0 Å². The van der Waals surface area contributed by atoms with Gasteiger partial charge in [0.1, 0.15) is 5.75 Å². The molecule has 1 N–H and O–H groups in total. The number of nitrogens with zero attached hydrogens (tertiary/aromatic N) is 3. The van der Waals surface area contributed by atoms with Gasteiger partial charge in [0.15, 0.2) is 6.61 Å². The number of hydrogen-bond acceptors (Lipinski definition) is 4. The molecule has 0 unspecified atom stereocenters. The maximum Gasteiger partial charge on any atom is 0.341 e. The van der Waals surface area contributed by atoms with Crippen LogP contribution in [0.4, 0.5) is 5.69 Å². The van der Waals surface area contributed by atoms with Crippen LogP contribution >= 0.6 is 0 Å². The molecule has 0 saturated heterocycles. The van der Waals surface area contributed by atoms with Crippen molar-refractivity contribution in [2.45, 2.75) is 19.8 Å². The number of aryl methyl sites for hydroxylation is 1. The zero-order valence-corrected chi connectivity index (χ0v) is 14.2. The van der Waals surface area contributed by atoms with Crippen LogP contribution in [-0.2, 0) is 11.8 Å². The maximum absolute atomic E-state index is 12.7. The normalized spacial score (nSPS) is 10.7. The van der Waals surface area contributed by atoms with Crippen LogP contribution in [0.15, 0.2) is 30.5 Å². The van der Waals surface area contributed by atoms with Gasteiger partial charge in [0.05, 0.1) is 11.3 Å². The monoisotopic (exact) mass is 331 g/mol. The molecule has 1 heterocycles. The average Bonchev–Trinajstić information content (AvgIpc) is 2.94. The van der Waals surface area contributed by atoms with Crippen LogP contribution in [-0.4, -0.2) is 40.4 Å². The highest BCUT2D eigenvalue weighted by Gasteiger charge is 2.22. The van der Waals surface area contributed by atoms with Gasteiger partial charge in [0, 0.05) is 26.0 Å². The number of hydrogen-bond donors (Lipinski definition) is 1. The highest BCUT2D eigenvalue weighted by molar-refractivity contribution is 6.06. The Bertz CT molecular complexity index is 735. The Balaban J connectivity index is 2.17. The molecule has 2 rings (SSSR count). The van der Waals surface area contributed by atoms with E-state index in [1.165, 1.54) is 4.90 Å². The van der Waals surface area contributed by atoms with Crippen molar-refractivity contribution in [1.82, 2.24) is 9.78 Å². The first-order valence-corrected chi connectivity index (χ1v) is 7.56. The van der Waals surface area contributed by atoms with E-state index in [-0.39, 0.29) is 11.8 Å². The smallest absolute Gasteiger partial charge is 0.341 e. The van der Waals surface area contributed by atoms with Gasteiger partial charge in [0.25, 0.3) is 5.91 Å². The van der Waals surface area contributed by atoms with Crippen LogP contribution in [0.3, 0.4) is 0 Å². The van der Waals surface area contributed by atoms with Crippen LogP contribution in [0.5, 0.6) is 5.75 Å². The van der Waals surface area contributed by atoms with Gasteiger partial charge in [-0.15, -0.1) is 0 Å². The molecule has 0 bridgehead atoms. The number of carboxylic acids is 1. The first-order chi connectivity index (χ1) is 11.3. The first-order valence-electron chi connectivity index (χ1n) is 7.56. The minimum atomic E-state index is -1.04. The number of rotatable bonds is 6. The molecule has 0 aliphatic rings. The second-order valence-electron chi connectivity index (χ2n) is 5.80. The fourth-order valence-corrected chi connectivity index (χ4v) is 2.31. The summed E-state index contributed by atoms with van der Waals surface area (Å²) < 4.78 is 6.72. The van der Waals surface area contributed by atoms with E-state index >= 15 is 0 Å². The quantitative estimate of drug-likeness (QED) is 0.878. The van der Waals surface area contributed by atoms with Crippen LogP contribution in [0.1, 0.15) is 35.8 Å². The largest absolute Gasteiger partial charge is 0.482 e. The van der Waals surface area contributed by atoms with E-state index in [2.05, 4.69) is 5.10 Å². The standard InChI is InChI=1S/C17H21N3O4/c1-11(2)16-14(9-19(3)18-16)17(23)20(4)12-5-7-13(8-6-12)24-10-15(21)22/h5-9,11H,10H2,1-4H3,(H,21,22). The van der Waals surface area contributed by atoms with Crippen molar-refractivity contribution in [3.05, 3.63) is 41.7 Å². The van der Waals surface area contributed by atoms with Crippen LogP contribution < -0.4 is 9.64 Å². The molecule has 0 spiro atoms. The summed E-state index contributed by atoms with van der Waals surface area (Å²) >= 11 is 0. The summed E-state index contributed by atoms with van der Waals surface area (Å²) in [6.45, 7) is 3.59. The Labute approximate surface area is 140 Å². The predicted molar refractivity (Wildman–Crippen MR) is 89.6 cm³/mol. The number of carbonyl (C=O) groups is 2. The Morgan fingerprint density at radius 3 is 2.46 bits per heavy atom. The second-order valence-corrected chi connectivity index (χ2v) is 5.80. The lowest BCUT2D eigenvalue weighted by Crippen LogP contribution is -2.27. The third-order valence-corrected chi connectivity index (χ3v) is 3.53. The Morgan fingerprint density at radius 2 is 1.92 bits per heavy atom. The minimum absolute atomic E-state index is 0.144. The third kappa shape index (κ3) is 3.92. The van der Waals surface area contributed by atoms with E-state index in [0.29, 0.717) is 17.0 Å². The van der Waals surface area contributed by atoms with Crippen molar-refractivity contribution in [3.63, 3.8) is 0 Å². The Kier molecular flexibility index (Phi) is 5.23. The predicted octanol–water partition coefficient (Wildman–Crippen LogP) is 2.28. The highest BCUT2D eigenvalue weighted by atomic mass is 16.5. The van der Waals surface area contributed by atoms with Crippen LogP contribution in [0.2, 0.25) is 0 Å². The average molecular weight is 331 g/mol. The highest BCUT2D eigenvalue weighted by Crippen LogP contribution is 2.23. The molecular weight excluding hydrogens is 310 g/mol. The summed E-state index contributed by atoms with van der Waals surface area (Å²) in [5, 5.41) is 13.0. The van der Waals surface area contributed by atoms with Gasteiger partial charge >= 0.3 is 5.97 Å². The van der Waals surface area contributed by atoms with E-state index in [0.717, 1.165) is 5.69 Å². The molecule has 7 nitrogen and oxygen atoms in total. The first kappa shape index (κ1) is 17.5. The van der Waals surface area contributed by atoms with Crippen molar-refractivity contribution in [1.29, 1.82) is 0 Å². The van der Waals surface area contributed by atoms with Crippen molar-refractivity contribution >= 4 is 17.6 Å². The summed E-state index contributed by atoms with van der Waals surface area (Å²) in [5.41, 5.74) is 2.01. The molecule has 0 fully saturated rings. The number of aromatic nitrogens is 2. The number of aliphatic carboxylic acids is 1. The number of benzene rings is 1. The Hall–Kier alpha value is -2.83. The number of carbonyl (C=O) groups excluding carboxylic acids is 1. The van der Waals surface area contributed by atoms with E-state index in [9.17, 15) is 9.59 Å². The summed E-state index contributed by atoms with van der Waals surface area (Å²) in [5.74, 6) is -0.605.